The van der Waals surface area contributed by atoms with E-state index in [1.54, 1.807) is 13.0 Å². The van der Waals surface area contributed by atoms with E-state index in [1.165, 1.54) is 6.07 Å². The lowest BCUT2D eigenvalue weighted by atomic mass is 9.96. The van der Waals surface area contributed by atoms with Crippen LogP contribution in [0.25, 0.3) is 0 Å². The largest absolute Gasteiger partial charge is 0.466 e. The molecule has 0 bridgehead atoms. The van der Waals surface area contributed by atoms with Crippen molar-refractivity contribution in [3.05, 3.63) is 28.0 Å². The molecule has 2 rings (SSSR count). The van der Waals surface area contributed by atoms with E-state index in [1.807, 2.05) is 4.90 Å². The maximum absolute atomic E-state index is 14.0. The van der Waals surface area contributed by atoms with E-state index < -0.39 is 11.7 Å². The summed E-state index contributed by atoms with van der Waals surface area (Å²) < 4.78 is 19.6. The van der Waals surface area contributed by atoms with E-state index in [9.17, 15) is 14.0 Å². The molecule has 0 spiro atoms. The second kappa shape index (κ2) is 7.09. The average Bonchev–Trinajstić information content (AvgIpc) is 2.46. The van der Waals surface area contributed by atoms with Crippen molar-refractivity contribution in [2.75, 3.05) is 24.6 Å². The molecular weight excluding hydrogens is 355 g/mol. The van der Waals surface area contributed by atoms with Gasteiger partial charge in [-0.15, -0.1) is 0 Å². The minimum atomic E-state index is -0.799. The van der Waals surface area contributed by atoms with Gasteiger partial charge in [0, 0.05) is 17.6 Å². The number of carbonyl (C=O) groups is 2. The van der Waals surface area contributed by atoms with Crippen LogP contribution in [0.2, 0.25) is 0 Å². The SMILES string of the molecule is CCOC(=O)C1CCN(c2cc(Br)cc(F)c2C(N)=O)CC1. The molecule has 1 heterocycles. The second-order valence-electron chi connectivity index (χ2n) is 5.16. The lowest BCUT2D eigenvalue weighted by Gasteiger charge is -2.33. The molecule has 1 amide bonds. The molecule has 2 N–H and O–H groups in total. The number of rotatable bonds is 4. The van der Waals surface area contributed by atoms with Crippen molar-refractivity contribution >= 4 is 33.5 Å². The lowest BCUT2D eigenvalue weighted by molar-refractivity contribution is -0.148. The van der Waals surface area contributed by atoms with Crippen molar-refractivity contribution < 1.29 is 18.7 Å². The second-order valence-corrected chi connectivity index (χ2v) is 6.08. The molecule has 0 atom stereocenters. The molecule has 1 fully saturated rings. The van der Waals surface area contributed by atoms with E-state index in [-0.39, 0.29) is 17.5 Å². The summed E-state index contributed by atoms with van der Waals surface area (Å²) in [4.78, 5) is 25.1. The van der Waals surface area contributed by atoms with Gasteiger partial charge in [0.25, 0.3) is 5.91 Å². The number of hydrogen-bond acceptors (Lipinski definition) is 4. The summed E-state index contributed by atoms with van der Waals surface area (Å²) in [6.07, 6.45) is 1.20. The number of amides is 1. The van der Waals surface area contributed by atoms with Crippen molar-refractivity contribution in [2.45, 2.75) is 19.8 Å². The highest BCUT2D eigenvalue weighted by molar-refractivity contribution is 9.10. The molecule has 120 valence electrons. The van der Waals surface area contributed by atoms with Gasteiger partial charge in [-0.1, -0.05) is 15.9 Å². The van der Waals surface area contributed by atoms with Gasteiger partial charge in [0.05, 0.1) is 23.8 Å². The summed E-state index contributed by atoms with van der Waals surface area (Å²) in [6, 6.07) is 2.89. The number of ether oxygens (including phenoxy) is 1. The van der Waals surface area contributed by atoms with Gasteiger partial charge in [-0.3, -0.25) is 9.59 Å². The Bertz CT molecular complexity index is 586. The first-order valence-corrected chi connectivity index (χ1v) is 7.93. The van der Waals surface area contributed by atoms with Crippen molar-refractivity contribution in [2.24, 2.45) is 11.7 Å². The fourth-order valence-corrected chi connectivity index (χ4v) is 3.09. The van der Waals surface area contributed by atoms with E-state index in [2.05, 4.69) is 15.9 Å². The Balaban J connectivity index is 2.18. The minimum absolute atomic E-state index is 0.113. The number of primary amides is 1. The Morgan fingerprint density at radius 1 is 1.41 bits per heavy atom. The third-order valence-corrected chi connectivity index (χ3v) is 4.19. The zero-order valence-electron chi connectivity index (χ0n) is 12.3. The van der Waals surface area contributed by atoms with Gasteiger partial charge in [-0.2, -0.15) is 0 Å². The standard InChI is InChI=1S/C15H18BrFN2O3/c1-2-22-15(21)9-3-5-19(6-4-9)12-8-10(16)7-11(17)13(12)14(18)20/h7-9H,2-6H2,1H3,(H2,18,20). The van der Waals surface area contributed by atoms with Gasteiger partial charge in [-0.05, 0) is 31.9 Å². The zero-order chi connectivity index (χ0) is 16.3. The molecule has 22 heavy (non-hydrogen) atoms. The number of nitrogens with zero attached hydrogens (tertiary/aromatic N) is 1. The van der Waals surface area contributed by atoms with Gasteiger partial charge in [0.1, 0.15) is 5.82 Å². The van der Waals surface area contributed by atoms with Crippen LogP contribution < -0.4 is 10.6 Å². The Morgan fingerprint density at radius 2 is 2.05 bits per heavy atom. The van der Waals surface area contributed by atoms with E-state index in [0.29, 0.717) is 42.7 Å². The molecule has 7 heteroatoms. The number of benzene rings is 1. The summed E-state index contributed by atoms with van der Waals surface area (Å²) in [5.41, 5.74) is 5.64. The number of esters is 1. The molecule has 0 aromatic heterocycles. The van der Waals surface area contributed by atoms with Gasteiger partial charge in [-0.25, -0.2) is 4.39 Å². The highest BCUT2D eigenvalue weighted by Crippen LogP contribution is 2.31. The highest BCUT2D eigenvalue weighted by Gasteiger charge is 2.28. The number of nitrogens with two attached hydrogens (primary N) is 1. The fraction of sp³-hybridized carbons (Fsp3) is 0.467. The van der Waals surface area contributed by atoms with Crippen molar-refractivity contribution in [3.8, 4) is 0 Å². The Kier molecular flexibility index (Phi) is 5.39. The number of hydrogen-bond donors (Lipinski definition) is 1. The quantitative estimate of drug-likeness (QED) is 0.823. The molecule has 0 unspecified atom stereocenters. The summed E-state index contributed by atoms with van der Waals surface area (Å²) in [6.45, 7) is 3.22. The third kappa shape index (κ3) is 3.58. The van der Waals surface area contributed by atoms with Gasteiger partial charge in [0.15, 0.2) is 0 Å². The molecule has 1 saturated heterocycles. The molecule has 0 radical (unpaired) electrons. The van der Waals surface area contributed by atoms with Crippen LogP contribution in [0, 0.1) is 11.7 Å². The Morgan fingerprint density at radius 3 is 2.59 bits per heavy atom. The molecular formula is C15H18BrFN2O3. The first kappa shape index (κ1) is 16.7. The number of carbonyl (C=O) groups excluding carboxylic acids is 2. The molecule has 0 saturated carbocycles. The third-order valence-electron chi connectivity index (χ3n) is 3.74. The summed E-state index contributed by atoms with van der Waals surface area (Å²) in [7, 11) is 0. The molecule has 1 aromatic carbocycles. The molecule has 0 aliphatic carbocycles. The maximum Gasteiger partial charge on any atom is 0.309 e. The number of anilines is 1. The van der Waals surface area contributed by atoms with Crippen molar-refractivity contribution in [1.82, 2.24) is 0 Å². The van der Waals surface area contributed by atoms with Crippen LogP contribution in [-0.2, 0) is 9.53 Å². The van der Waals surface area contributed by atoms with Crippen LogP contribution in [0.5, 0.6) is 0 Å². The normalized spacial score (nSPS) is 15.7. The van der Waals surface area contributed by atoms with Crippen LogP contribution in [0.3, 0.4) is 0 Å². The van der Waals surface area contributed by atoms with Crippen LogP contribution >= 0.6 is 15.9 Å². The molecule has 1 aliphatic rings. The maximum atomic E-state index is 14.0. The molecule has 1 aliphatic heterocycles. The molecule has 1 aromatic rings. The number of piperidine rings is 1. The van der Waals surface area contributed by atoms with Crippen LogP contribution in [-0.4, -0.2) is 31.6 Å². The topological polar surface area (TPSA) is 72.6 Å². The van der Waals surface area contributed by atoms with Crippen LogP contribution in [0.1, 0.15) is 30.1 Å². The Labute approximate surface area is 136 Å². The highest BCUT2D eigenvalue weighted by atomic mass is 79.9. The summed E-state index contributed by atoms with van der Waals surface area (Å²) in [5.74, 6) is -1.79. The van der Waals surface area contributed by atoms with Gasteiger partial charge in [0.2, 0.25) is 0 Å². The minimum Gasteiger partial charge on any atom is -0.466 e. The first-order valence-electron chi connectivity index (χ1n) is 7.14. The van der Waals surface area contributed by atoms with Crippen LogP contribution in [0.15, 0.2) is 16.6 Å². The predicted molar refractivity (Wildman–Crippen MR) is 84.2 cm³/mol. The predicted octanol–water partition coefficient (Wildman–Crippen LogP) is 2.47. The van der Waals surface area contributed by atoms with E-state index in [0.717, 1.165) is 0 Å². The van der Waals surface area contributed by atoms with Gasteiger partial charge < -0.3 is 15.4 Å². The monoisotopic (exact) mass is 372 g/mol. The van der Waals surface area contributed by atoms with Crippen LogP contribution in [0.4, 0.5) is 10.1 Å². The Hall–Kier alpha value is -1.63. The first-order chi connectivity index (χ1) is 10.4. The van der Waals surface area contributed by atoms with E-state index >= 15 is 0 Å². The zero-order valence-corrected chi connectivity index (χ0v) is 13.9. The average molecular weight is 373 g/mol. The smallest absolute Gasteiger partial charge is 0.309 e. The number of halogens is 2. The fourth-order valence-electron chi connectivity index (χ4n) is 2.67. The lowest BCUT2D eigenvalue weighted by Crippen LogP contribution is -2.38. The van der Waals surface area contributed by atoms with Crippen molar-refractivity contribution in [3.63, 3.8) is 0 Å². The summed E-state index contributed by atoms with van der Waals surface area (Å²) in [5, 5.41) is 0. The van der Waals surface area contributed by atoms with Gasteiger partial charge >= 0.3 is 5.97 Å². The van der Waals surface area contributed by atoms with Crippen molar-refractivity contribution in [1.29, 1.82) is 0 Å². The molecule has 5 nitrogen and oxygen atoms in total. The van der Waals surface area contributed by atoms with E-state index in [4.69, 9.17) is 10.5 Å². The summed E-state index contributed by atoms with van der Waals surface area (Å²) >= 11 is 3.23.